The molecular weight excluding hydrogens is 260 g/mol. The number of anilines is 1. The van der Waals surface area contributed by atoms with Crippen LogP contribution in [0.3, 0.4) is 0 Å². The minimum absolute atomic E-state index is 0.248. The molecule has 3 nitrogen and oxygen atoms in total. The Labute approximate surface area is 128 Å². The van der Waals surface area contributed by atoms with Gasteiger partial charge in [-0.25, -0.2) is 0 Å². The van der Waals surface area contributed by atoms with E-state index in [0.717, 1.165) is 31.6 Å². The van der Waals surface area contributed by atoms with Crippen LogP contribution in [0.4, 0.5) is 5.69 Å². The van der Waals surface area contributed by atoms with Crippen molar-refractivity contribution in [1.82, 2.24) is 4.90 Å². The summed E-state index contributed by atoms with van der Waals surface area (Å²) in [5.41, 5.74) is 8.10. The van der Waals surface area contributed by atoms with Gasteiger partial charge in [-0.15, -0.1) is 0 Å². The van der Waals surface area contributed by atoms with Crippen LogP contribution < -0.4 is 5.73 Å². The highest BCUT2D eigenvalue weighted by atomic mass is 16.2. The van der Waals surface area contributed by atoms with Crippen molar-refractivity contribution in [2.75, 3.05) is 18.8 Å². The van der Waals surface area contributed by atoms with Gasteiger partial charge in [-0.3, -0.25) is 4.79 Å². The number of nitrogens with two attached hydrogens (primary N) is 1. The Morgan fingerprint density at radius 1 is 1.29 bits per heavy atom. The van der Waals surface area contributed by atoms with Gasteiger partial charge in [0.1, 0.15) is 0 Å². The number of benzene rings is 1. The van der Waals surface area contributed by atoms with Gasteiger partial charge in [-0.05, 0) is 41.9 Å². The molecule has 1 fully saturated rings. The van der Waals surface area contributed by atoms with Crippen LogP contribution in [0, 0.1) is 5.41 Å². The number of rotatable bonds is 4. The topological polar surface area (TPSA) is 46.3 Å². The van der Waals surface area contributed by atoms with E-state index in [1.165, 1.54) is 12.0 Å². The fourth-order valence-corrected chi connectivity index (χ4v) is 2.98. The molecule has 1 aromatic carbocycles. The molecule has 1 aliphatic rings. The summed E-state index contributed by atoms with van der Waals surface area (Å²) >= 11 is 0. The average molecular weight is 288 g/mol. The molecular formula is C18H28N2O. The SMILES string of the molecule is CCC1(C)CCN(C(=O)CC(C)c2ccc(N)cc2)CC1. The lowest BCUT2D eigenvalue weighted by Crippen LogP contribution is -2.42. The third-order valence-corrected chi connectivity index (χ3v) is 5.16. The summed E-state index contributed by atoms with van der Waals surface area (Å²) in [7, 11) is 0. The number of nitrogens with zero attached hydrogens (tertiary/aromatic N) is 1. The number of carbonyl (C=O) groups excluding carboxylic acids is 1. The van der Waals surface area contributed by atoms with Gasteiger partial charge in [0.05, 0.1) is 0 Å². The monoisotopic (exact) mass is 288 g/mol. The zero-order valence-electron chi connectivity index (χ0n) is 13.6. The van der Waals surface area contributed by atoms with Gasteiger partial charge >= 0.3 is 0 Å². The van der Waals surface area contributed by atoms with Crippen molar-refractivity contribution in [3.8, 4) is 0 Å². The molecule has 1 aromatic rings. The summed E-state index contributed by atoms with van der Waals surface area (Å²) in [6.07, 6.45) is 4.06. The van der Waals surface area contributed by atoms with Crippen LogP contribution in [0.15, 0.2) is 24.3 Å². The molecule has 21 heavy (non-hydrogen) atoms. The van der Waals surface area contributed by atoms with Gasteiger partial charge < -0.3 is 10.6 Å². The highest BCUT2D eigenvalue weighted by Gasteiger charge is 2.30. The molecule has 0 aromatic heterocycles. The number of hydrogen-bond acceptors (Lipinski definition) is 2. The van der Waals surface area contributed by atoms with E-state index in [-0.39, 0.29) is 11.8 Å². The third-order valence-electron chi connectivity index (χ3n) is 5.16. The molecule has 0 aliphatic carbocycles. The van der Waals surface area contributed by atoms with E-state index in [0.29, 0.717) is 11.8 Å². The Hall–Kier alpha value is -1.51. The molecule has 1 heterocycles. The van der Waals surface area contributed by atoms with E-state index in [4.69, 9.17) is 5.73 Å². The molecule has 0 spiro atoms. The molecule has 0 saturated carbocycles. The smallest absolute Gasteiger partial charge is 0.223 e. The van der Waals surface area contributed by atoms with Crippen molar-refractivity contribution in [3.05, 3.63) is 29.8 Å². The summed E-state index contributed by atoms with van der Waals surface area (Å²) < 4.78 is 0. The molecule has 1 saturated heterocycles. The fraction of sp³-hybridized carbons (Fsp3) is 0.611. The van der Waals surface area contributed by atoms with Crippen molar-refractivity contribution < 1.29 is 4.79 Å². The standard InChI is InChI=1S/C18H28N2O/c1-4-18(3)9-11-20(12-10-18)17(21)13-14(2)15-5-7-16(19)8-6-15/h5-8,14H,4,9-13,19H2,1-3H3. The van der Waals surface area contributed by atoms with Crippen molar-refractivity contribution in [2.45, 2.75) is 52.4 Å². The Morgan fingerprint density at radius 3 is 2.38 bits per heavy atom. The normalized spacial score (nSPS) is 19.3. The summed E-state index contributed by atoms with van der Waals surface area (Å²) in [5.74, 6) is 0.537. The lowest BCUT2D eigenvalue weighted by atomic mass is 9.78. The maximum atomic E-state index is 12.4. The van der Waals surface area contributed by atoms with Gasteiger partial charge in [0.2, 0.25) is 5.91 Å². The van der Waals surface area contributed by atoms with Crippen molar-refractivity contribution in [1.29, 1.82) is 0 Å². The molecule has 1 amide bonds. The fourth-order valence-electron chi connectivity index (χ4n) is 2.98. The summed E-state index contributed by atoms with van der Waals surface area (Å²) in [6, 6.07) is 7.86. The van der Waals surface area contributed by atoms with Crippen LogP contribution in [0.25, 0.3) is 0 Å². The van der Waals surface area contributed by atoms with Gasteiger partial charge in [0, 0.05) is 25.2 Å². The molecule has 2 N–H and O–H groups in total. The number of likely N-dealkylation sites (tertiary alicyclic amines) is 1. The maximum absolute atomic E-state index is 12.4. The van der Waals surface area contributed by atoms with Crippen LogP contribution in [-0.2, 0) is 4.79 Å². The van der Waals surface area contributed by atoms with E-state index >= 15 is 0 Å². The molecule has 1 atom stereocenters. The van der Waals surface area contributed by atoms with Gasteiger partial charge in [-0.2, -0.15) is 0 Å². The summed E-state index contributed by atoms with van der Waals surface area (Å²) in [4.78, 5) is 14.5. The molecule has 3 heteroatoms. The molecule has 1 unspecified atom stereocenters. The number of hydrogen-bond donors (Lipinski definition) is 1. The molecule has 0 radical (unpaired) electrons. The largest absolute Gasteiger partial charge is 0.399 e. The molecule has 2 rings (SSSR count). The van der Waals surface area contributed by atoms with Crippen LogP contribution in [0.2, 0.25) is 0 Å². The van der Waals surface area contributed by atoms with E-state index in [1.54, 1.807) is 0 Å². The summed E-state index contributed by atoms with van der Waals surface area (Å²) in [6.45, 7) is 8.53. The number of piperidine rings is 1. The lowest BCUT2D eigenvalue weighted by Gasteiger charge is -2.39. The van der Waals surface area contributed by atoms with E-state index < -0.39 is 0 Å². The number of nitrogen functional groups attached to an aromatic ring is 1. The van der Waals surface area contributed by atoms with Gasteiger partial charge in [0.15, 0.2) is 0 Å². The second-order valence-corrected chi connectivity index (χ2v) is 6.82. The Bertz CT molecular complexity index is 472. The summed E-state index contributed by atoms with van der Waals surface area (Å²) in [5, 5.41) is 0. The first-order valence-corrected chi connectivity index (χ1v) is 8.07. The Morgan fingerprint density at radius 2 is 1.86 bits per heavy atom. The highest BCUT2D eigenvalue weighted by molar-refractivity contribution is 5.77. The van der Waals surface area contributed by atoms with Gasteiger partial charge in [0.25, 0.3) is 0 Å². The van der Waals surface area contributed by atoms with Crippen molar-refractivity contribution in [3.63, 3.8) is 0 Å². The van der Waals surface area contributed by atoms with Crippen LogP contribution in [0.5, 0.6) is 0 Å². The Balaban J connectivity index is 1.88. The first-order valence-electron chi connectivity index (χ1n) is 8.07. The second kappa shape index (κ2) is 6.50. The van der Waals surface area contributed by atoms with Crippen molar-refractivity contribution in [2.24, 2.45) is 5.41 Å². The lowest BCUT2D eigenvalue weighted by molar-refractivity contribution is -0.133. The van der Waals surface area contributed by atoms with E-state index in [1.807, 2.05) is 29.2 Å². The highest BCUT2D eigenvalue weighted by Crippen LogP contribution is 2.34. The maximum Gasteiger partial charge on any atom is 0.223 e. The van der Waals surface area contributed by atoms with E-state index in [2.05, 4.69) is 20.8 Å². The first kappa shape index (κ1) is 15.9. The third kappa shape index (κ3) is 3.99. The molecule has 116 valence electrons. The quantitative estimate of drug-likeness (QED) is 0.857. The average Bonchev–Trinajstić information content (AvgIpc) is 2.48. The van der Waals surface area contributed by atoms with Crippen molar-refractivity contribution >= 4 is 11.6 Å². The number of carbonyl (C=O) groups is 1. The van der Waals surface area contributed by atoms with Crippen LogP contribution in [-0.4, -0.2) is 23.9 Å². The molecule has 1 aliphatic heterocycles. The zero-order chi connectivity index (χ0) is 15.5. The predicted octanol–water partition coefficient (Wildman–Crippen LogP) is 3.80. The predicted molar refractivity (Wildman–Crippen MR) is 88.1 cm³/mol. The van der Waals surface area contributed by atoms with Crippen LogP contribution >= 0.6 is 0 Å². The molecule has 0 bridgehead atoms. The zero-order valence-corrected chi connectivity index (χ0v) is 13.6. The Kier molecular flexibility index (Phi) is 4.92. The second-order valence-electron chi connectivity index (χ2n) is 6.82. The minimum Gasteiger partial charge on any atom is -0.399 e. The van der Waals surface area contributed by atoms with Gasteiger partial charge in [-0.1, -0.05) is 39.3 Å². The van der Waals surface area contributed by atoms with E-state index in [9.17, 15) is 4.79 Å². The first-order chi connectivity index (χ1) is 9.93. The number of amides is 1. The minimum atomic E-state index is 0.248. The van der Waals surface area contributed by atoms with Crippen LogP contribution in [0.1, 0.15) is 57.9 Å².